The Morgan fingerprint density at radius 1 is 0.270 bits per heavy atom. The normalized spacial score (nSPS) is 14.0. The van der Waals surface area contributed by atoms with Crippen LogP contribution >= 0.6 is 15.6 Å². The molecule has 0 aromatic carbocycles. The van der Waals surface area contributed by atoms with Crippen LogP contribution in [0.15, 0.2) is 0 Å². The fraction of sp³-hybridized carbons (Fsp3) is 0.943. The summed E-state index contributed by atoms with van der Waals surface area (Å²) in [4.78, 5) is 72.2. The number of esters is 4. The topological polar surface area (TPSA) is 237 Å². The minimum atomic E-state index is -4.95. The van der Waals surface area contributed by atoms with E-state index in [1.54, 1.807) is 0 Å². The molecule has 17 nitrogen and oxygen atoms in total. The highest BCUT2D eigenvalue weighted by atomic mass is 31.2. The zero-order valence-corrected chi connectivity index (χ0v) is 59.2. The third-order valence-corrected chi connectivity index (χ3v) is 18.3. The monoisotopic (exact) mass is 1310 g/mol. The number of hydrogen-bond acceptors (Lipinski definition) is 15. The fourth-order valence-corrected chi connectivity index (χ4v) is 12.3. The van der Waals surface area contributed by atoms with Crippen molar-refractivity contribution in [3.05, 3.63) is 0 Å². The molecule has 0 aliphatic rings. The van der Waals surface area contributed by atoms with Gasteiger partial charge >= 0.3 is 39.5 Å². The van der Waals surface area contributed by atoms with Crippen molar-refractivity contribution in [2.45, 2.75) is 386 Å². The number of phosphoric acid groups is 2. The molecule has 0 aromatic heterocycles. The summed E-state index contributed by atoms with van der Waals surface area (Å²) in [7, 11) is -9.88. The molecule has 528 valence electrons. The van der Waals surface area contributed by atoms with Crippen LogP contribution in [0.3, 0.4) is 0 Å². The molecule has 5 atom stereocenters. The van der Waals surface area contributed by atoms with Gasteiger partial charge in [-0.1, -0.05) is 317 Å². The second-order valence-corrected chi connectivity index (χ2v) is 28.2. The number of phosphoric ester groups is 2. The zero-order chi connectivity index (χ0) is 65.4. The Hall–Kier alpha value is -1.94. The molecule has 2 unspecified atom stereocenters. The van der Waals surface area contributed by atoms with Crippen LogP contribution in [0.5, 0.6) is 0 Å². The van der Waals surface area contributed by atoms with E-state index < -0.39 is 97.5 Å². The molecule has 0 amide bonds. The highest BCUT2D eigenvalue weighted by molar-refractivity contribution is 7.47. The molecule has 0 bridgehead atoms. The van der Waals surface area contributed by atoms with E-state index in [0.29, 0.717) is 25.7 Å². The minimum Gasteiger partial charge on any atom is -0.462 e. The van der Waals surface area contributed by atoms with Crippen molar-refractivity contribution < 1.29 is 80.2 Å². The highest BCUT2D eigenvalue weighted by Crippen LogP contribution is 2.45. The van der Waals surface area contributed by atoms with E-state index in [9.17, 15) is 43.2 Å². The molecule has 0 rings (SSSR count). The van der Waals surface area contributed by atoms with Crippen LogP contribution in [-0.2, 0) is 65.4 Å². The molecule has 0 radical (unpaired) electrons. The number of aliphatic hydroxyl groups is 1. The number of rotatable bonds is 71. The van der Waals surface area contributed by atoms with Crippen LogP contribution in [0.4, 0.5) is 0 Å². The summed E-state index contributed by atoms with van der Waals surface area (Å²) in [6, 6.07) is 0. The molecule has 0 fully saturated rings. The lowest BCUT2D eigenvalue weighted by atomic mass is 10.0. The standard InChI is InChI=1S/C70H136O17P2/c1-5-9-13-17-20-23-26-28-29-30-31-32-33-34-35-36-37-39-42-45-49-53-57-70(75)87-66(61-81-68(73)55-51-47-43-41-38-27-24-21-18-14-10-6-2)63-85-89(78,79)83-59-64(71)58-82-88(76,77)84-62-65(60-80-67(72)54-50-46-16-12-8-4)86-69(74)56-52-48-44-40-25-22-19-15-11-7-3/h64-66,71H,5-63H2,1-4H3,(H,76,77)(H,78,79)/t64-,65+,66+/m0/s1. The molecule has 89 heavy (non-hydrogen) atoms. The number of hydrogen-bond donors (Lipinski definition) is 3. The molecule has 0 aromatic rings. The van der Waals surface area contributed by atoms with Crippen molar-refractivity contribution in [3.63, 3.8) is 0 Å². The maximum Gasteiger partial charge on any atom is 0.472 e. The van der Waals surface area contributed by atoms with Gasteiger partial charge in [0.1, 0.15) is 19.3 Å². The first-order valence-electron chi connectivity index (χ1n) is 36.8. The number of unbranched alkanes of at least 4 members (excludes halogenated alkanes) is 45. The van der Waals surface area contributed by atoms with Gasteiger partial charge in [0.15, 0.2) is 12.2 Å². The Morgan fingerprint density at radius 3 is 0.663 bits per heavy atom. The predicted molar refractivity (Wildman–Crippen MR) is 359 cm³/mol. The highest BCUT2D eigenvalue weighted by Gasteiger charge is 2.30. The van der Waals surface area contributed by atoms with E-state index in [0.717, 1.165) is 96.3 Å². The van der Waals surface area contributed by atoms with E-state index in [1.165, 1.54) is 193 Å². The maximum atomic E-state index is 13.0. The van der Waals surface area contributed by atoms with Gasteiger partial charge in [-0.2, -0.15) is 0 Å². The minimum absolute atomic E-state index is 0.106. The van der Waals surface area contributed by atoms with Crippen LogP contribution in [0, 0.1) is 0 Å². The van der Waals surface area contributed by atoms with E-state index in [-0.39, 0.29) is 25.7 Å². The molecule has 0 aliphatic carbocycles. The van der Waals surface area contributed by atoms with Crippen LogP contribution < -0.4 is 0 Å². The second-order valence-electron chi connectivity index (χ2n) is 25.3. The van der Waals surface area contributed by atoms with Crippen molar-refractivity contribution in [1.29, 1.82) is 0 Å². The van der Waals surface area contributed by atoms with Gasteiger partial charge in [0.25, 0.3) is 0 Å². The lowest BCUT2D eigenvalue weighted by Crippen LogP contribution is -2.30. The van der Waals surface area contributed by atoms with Gasteiger partial charge in [-0.05, 0) is 25.7 Å². The summed E-state index contributed by atoms with van der Waals surface area (Å²) in [6.45, 7) is 4.84. The number of aliphatic hydroxyl groups excluding tert-OH is 1. The van der Waals surface area contributed by atoms with E-state index in [4.69, 9.17) is 37.0 Å². The van der Waals surface area contributed by atoms with Gasteiger partial charge < -0.3 is 33.8 Å². The summed E-state index contributed by atoms with van der Waals surface area (Å²) in [5.74, 6) is -2.13. The van der Waals surface area contributed by atoms with Gasteiger partial charge in [0.2, 0.25) is 0 Å². The summed E-state index contributed by atoms with van der Waals surface area (Å²) in [5.41, 5.74) is 0. The van der Waals surface area contributed by atoms with Crippen LogP contribution in [0.25, 0.3) is 0 Å². The Morgan fingerprint density at radius 2 is 0.449 bits per heavy atom. The van der Waals surface area contributed by atoms with Crippen molar-refractivity contribution in [2.24, 2.45) is 0 Å². The first kappa shape index (κ1) is 87.1. The van der Waals surface area contributed by atoms with Crippen molar-refractivity contribution in [1.82, 2.24) is 0 Å². The van der Waals surface area contributed by atoms with E-state index >= 15 is 0 Å². The predicted octanol–water partition coefficient (Wildman–Crippen LogP) is 20.3. The second kappa shape index (κ2) is 64.8. The van der Waals surface area contributed by atoms with Crippen LogP contribution in [0.1, 0.15) is 368 Å². The molecule has 19 heteroatoms. The Balaban J connectivity index is 5.07. The van der Waals surface area contributed by atoms with Gasteiger partial charge in [-0.15, -0.1) is 0 Å². The van der Waals surface area contributed by atoms with Gasteiger partial charge in [-0.3, -0.25) is 37.3 Å². The first-order valence-corrected chi connectivity index (χ1v) is 39.8. The van der Waals surface area contributed by atoms with Crippen molar-refractivity contribution in [3.8, 4) is 0 Å². The molecular weight excluding hydrogens is 1170 g/mol. The van der Waals surface area contributed by atoms with Gasteiger partial charge in [0.05, 0.1) is 26.4 Å². The smallest absolute Gasteiger partial charge is 0.462 e. The number of carbonyl (C=O) groups is 4. The van der Waals surface area contributed by atoms with Crippen molar-refractivity contribution >= 4 is 39.5 Å². The average molecular weight is 1310 g/mol. The number of carbonyl (C=O) groups excluding carboxylic acids is 4. The van der Waals surface area contributed by atoms with Gasteiger partial charge in [-0.25, -0.2) is 9.13 Å². The summed E-state index contributed by atoms with van der Waals surface area (Å²) in [5, 5.41) is 10.5. The Labute approximate surface area is 543 Å². The lowest BCUT2D eigenvalue weighted by Gasteiger charge is -2.21. The largest absolute Gasteiger partial charge is 0.472 e. The SMILES string of the molecule is CCCCCCCCCCCCCCCCCCCCCCCCC(=O)O[C@H](COC(=O)CCCCCCCCCCCCCC)COP(=O)(O)OC[C@@H](O)COP(=O)(O)OC[C@@H](COC(=O)CCCCCCC)OC(=O)CCCCCCCCCCCC. The van der Waals surface area contributed by atoms with Crippen LogP contribution in [-0.4, -0.2) is 96.7 Å². The summed E-state index contributed by atoms with van der Waals surface area (Å²) >= 11 is 0. The van der Waals surface area contributed by atoms with E-state index in [2.05, 4.69) is 27.7 Å². The fourth-order valence-electron chi connectivity index (χ4n) is 10.7. The third-order valence-electron chi connectivity index (χ3n) is 16.4. The van der Waals surface area contributed by atoms with Crippen LogP contribution in [0.2, 0.25) is 0 Å². The number of ether oxygens (including phenoxy) is 4. The quantitative estimate of drug-likeness (QED) is 0.0222. The molecule has 0 saturated carbocycles. The Kier molecular flexibility index (Phi) is 63.3. The lowest BCUT2D eigenvalue weighted by molar-refractivity contribution is -0.161. The molecule has 3 N–H and O–H groups in total. The molecule has 0 heterocycles. The van der Waals surface area contributed by atoms with E-state index in [1.807, 2.05) is 0 Å². The molecule has 0 spiro atoms. The Bertz CT molecular complexity index is 1710. The van der Waals surface area contributed by atoms with Gasteiger partial charge in [0, 0.05) is 25.7 Å². The third kappa shape index (κ3) is 64.6. The summed E-state index contributed by atoms with van der Waals surface area (Å²) in [6.07, 6.45) is 53.3. The zero-order valence-electron chi connectivity index (χ0n) is 57.4. The first-order chi connectivity index (χ1) is 43.2. The summed E-state index contributed by atoms with van der Waals surface area (Å²) < 4.78 is 68.0. The molecule has 0 aliphatic heterocycles. The molecule has 0 saturated heterocycles. The maximum absolute atomic E-state index is 13.0. The average Bonchev–Trinajstić information content (AvgIpc) is 3.69. The van der Waals surface area contributed by atoms with Crippen molar-refractivity contribution in [2.75, 3.05) is 39.6 Å². The molecular formula is C70H136O17P2.